The van der Waals surface area contributed by atoms with E-state index in [-0.39, 0.29) is 10.8 Å². The van der Waals surface area contributed by atoms with Gasteiger partial charge in [0.05, 0.1) is 24.1 Å². The molecule has 2 rings (SSSR count). The van der Waals surface area contributed by atoms with Crippen molar-refractivity contribution in [1.29, 1.82) is 0 Å². The molecule has 0 heterocycles. The first-order valence-corrected chi connectivity index (χ1v) is 9.61. The first-order chi connectivity index (χ1) is 12.8. The van der Waals surface area contributed by atoms with Crippen LogP contribution in [0, 0.1) is 0 Å². The summed E-state index contributed by atoms with van der Waals surface area (Å²) in [6.07, 6.45) is 2.90. The molecule has 0 saturated heterocycles. The predicted molar refractivity (Wildman–Crippen MR) is 105 cm³/mol. The summed E-state index contributed by atoms with van der Waals surface area (Å²) in [5, 5.41) is 3.00. The number of halogens is 1. The molecule has 0 radical (unpaired) electrons. The van der Waals surface area contributed by atoms with E-state index < -0.39 is 10.0 Å². The summed E-state index contributed by atoms with van der Waals surface area (Å²) < 4.78 is 36.0. The lowest BCUT2D eigenvalue weighted by Crippen LogP contribution is -2.18. The Bertz CT molecular complexity index is 956. The molecule has 7 nitrogen and oxygen atoms in total. The van der Waals surface area contributed by atoms with Crippen molar-refractivity contribution in [1.82, 2.24) is 4.72 Å². The van der Waals surface area contributed by atoms with Gasteiger partial charge < -0.3 is 14.8 Å². The second kappa shape index (κ2) is 8.90. The van der Waals surface area contributed by atoms with Crippen LogP contribution in [-0.2, 0) is 14.8 Å². The molecule has 0 aliphatic rings. The Morgan fingerprint density at radius 1 is 1.11 bits per heavy atom. The number of hydrogen-bond acceptors (Lipinski definition) is 5. The van der Waals surface area contributed by atoms with Crippen LogP contribution in [0.5, 0.6) is 11.5 Å². The minimum absolute atomic E-state index is 0.110. The fourth-order valence-corrected chi connectivity index (χ4v) is 3.25. The lowest BCUT2D eigenvalue weighted by Gasteiger charge is -2.10. The van der Waals surface area contributed by atoms with E-state index in [2.05, 4.69) is 10.0 Å². The molecule has 0 aliphatic heterocycles. The average molecular weight is 411 g/mol. The third-order valence-electron chi connectivity index (χ3n) is 3.58. The number of nitrogens with one attached hydrogen (secondary N) is 2. The number of hydrogen-bond donors (Lipinski definition) is 2. The van der Waals surface area contributed by atoms with E-state index in [4.69, 9.17) is 21.1 Å². The van der Waals surface area contributed by atoms with E-state index in [0.29, 0.717) is 27.8 Å². The van der Waals surface area contributed by atoms with Gasteiger partial charge in [0.15, 0.2) is 11.5 Å². The van der Waals surface area contributed by atoms with Crippen LogP contribution in [0.3, 0.4) is 0 Å². The molecule has 2 aromatic rings. The van der Waals surface area contributed by atoms with Crippen molar-refractivity contribution in [2.45, 2.75) is 4.90 Å². The van der Waals surface area contributed by atoms with E-state index >= 15 is 0 Å². The zero-order valence-electron chi connectivity index (χ0n) is 14.9. The van der Waals surface area contributed by atoms with Gasteiger partial charge in [-0.05, 0) is 55.1 Å². The molecule has 0 saturated carbocycles. The Balaban J connectivity index is 2.11. The molecule has 27 heavy (non-hydrogen) atoms. The van der Waals surface area contributed by atoms with Gasteiger partial charge in [0.1, 0.15) is 0 Å². The van der Waals surface area contributed by atoms with E-state index in [1.807, 2.05) is 0 Å². The standard InChI is InChI=1S/C18H19ClN2O5S/c1-20-27(23,24)14-7-5-13(6-8-14)21-17(22)9-4-12-10-15(19)18(26-3)16(11-12)25-2/h4-11,20H,1-3H3,(H,21,22)/b9-4+. The summed E-state index contributed by atoms with van der Waals surface area (Å²) in [5.74, 6) is 0.480. The molecule has 0 aromatic heterocycles. The highest BCUT2D eigenvalue weighted by atomic mass is 35.5. The van der Waals surface area contributed by atoms with E-state index in [1.54, 1.807) is 18.2 Å². The maximum atomic E-state index is 12.1. The molecule has 0 bridgehead atoms. The topological polar surface area (TPSA) is 93.7 Å². The molecule has 144 valence electrons. The zero-order chi connectivity index (χ0) is 20.0. The predicted octanol–water partition coefficient (Wildman–Crippen LogP) is 2.92. The first kappa shape index (κ1) is 20.8. The smallest absolute Gasteiger partial charge is 0.248 e. The molecule has 0 aliphatic carbocycles. The molecule has 2 N–H and O–H groups in total. The molecule has 0 spiro atoms. The van der Waals surface area contributed by atoms with Gasteiger partial charge in [-0.3, -0.25) is 4.79 Å². The van der Waals surface area contributed by atoms with Crippen LogP contribution in [0.1, 0.15) is 5.56 Å². The van der Waals surface area contributed by atoms with Gasteiger partial charge in [0.2, 0.25) is 15.9 Å². The van der Waals surface area contributed by atoms with Crippen LogP contribution >= 0.6 is 11.6 Å². The fourth-order valence-electron chi connectivity index (χ4n) is 2.23. The van der Waals surface area contributed by atoms with Crippen molar-refractivity contribution < 1.29 is 22.7 Å². The lowest BCUT2D eigenvalue weighted by molar-refractivity contribution is -0.111. The molecular weight excluding hydrogens is 392 g/mol. The summed E-state index contributed by atoms with van der Waals surface area (Å²) in [5.41, 5.74) is 1.12. The summed E-state index contributed by atoms with van der Waals surface area (Å²) in [6, 6.07) is 9.14. The number of sulfonamides is 1. The number of amides is 1. The van der Waals surface area contributed by atoms with Crippen molar-refractivity contribution >= 4 is 39.3 Å². The highest BCUT2D eigenvalue weighted by Gasteiger charge is 2.11. The number of benzene rings is 2. The second-order valence-corrected chi connectivity index (χ2v) is 7.59. The van der Waals surface area contributed by atoms with Crippen molar-refractivity contribution in [3.05, 3.63) is 53.1 Å². The van der Waals surface area contributed by atoms with Gasteiger partial charge in [0.25, 0.3) is 0 Å². The van der Waals surface area contributed by atoms with Gasteiger partial charge in [-0.15, -0.1) is 0 Å². The highest BCUT2D eigenvalue weighted by molar-refractivity contribution is 7.89. The molecule has 2 aromatic carbocycles. The van der Waals surface area contributed by atoms with Gasteiger partial charge >= 0.3 is 0 Å². The number of carbonyl (C=O) groups excluding carboxylic acids is 1. The van der Waals surface area contributed by atoms with Crippen LogP contribution in [0.25, 0.3) is 6.08 Å². The maximum Gasteiger partial charge on any atom is 0.248 e. The zero-order valence-corrected chi connectivity index (χ0v) is 16.5. The quantitative estimate of drug-likeness (QED) is 0.684. The van der Waals surface area contributed by atoms with Crippen molar-refractivity contribution in [3.8, 4) is 11.5 Å². The summed E-state index contributed by atoms with van der Waals surface area (Å²) in [6.45, 7) is 0. The lowest BCUT2D eigenvalue weighted by atomic mass is 10.2. The van der Waals surface area contributed by atoms with Crippen LogP contribution in [0.2, 0.25) is 5.02 Å². The van der Waals surface area contributed by atoms with Crippen LogP contribution in [-0.4, -0.2) is 35.6 Å². The molecule has 1 amide bonds. The van der Waals surface area contributed by atoms with Crippen molar-refractivity contribution in [2.24, 2.45) is 0 Å². The first-order valence-electron chi connectivity index (χ1n) is 7.75. The fraction of sp³-hybridized carbons (Fsp3) is 0.167. The number of rotatable bonds is 7. The maximum absolute atomic E-state index is 12.1. The minimum atomic E-state index is -3.52. The monoisotopic (exact) mass is 410 g/mol. The Hall–Kier alpha value is -2.55. The van der Waals surface area contributed by atoms with Crippen LogP contribution in [0.15, 0.2) is 47.4 Å². The number of methoxy groups -OCH3 is 2. The van der Waals surface area contributed by atoms with E-state index in [0.717, 1.165) is 0 Å². The van der Waals surface area contributed by atoms with Gasteiger partial charge in [-0.2, -0.15) is 0 Å². The summed E-state index contributed by atoms with van der Waals surface area (Å²) >= 11 is 6.13. The average Bonchev–Trinajstić information content (AvgIpc) is 2.66. The normalized spacial score (nSPS) is 11.4. The number of ether oxygens (including phenoxy) is 2. The van der Waals surface area contributed by atoms with Gasteiger partial charge in [-0.25, -0.2) is 13.1 Å². The minimum Gasteiger partial charge on any atom is -0.493 e. The van der Waals surface area contributed by atoms with Crippen LogP contribution < -0.4 is 19.5 Å². The summed E-state index contributed by atoms with van der Waals surface area (Å²) in [7, 11) is 0.790. The molecule has 9 heteroatoms. The second-order valence-electron chi connectivity index (χ2n) is 5.29. The van der Waals surface area contributed by atoms with Crippen LogP contribution in [0.4, 0.5) is 5.69 Å². The Labute approximate surface area is 163 Å². The number of anilines is 1. The molecular formula is C18H19ClN2O5S. The number of carbonyl (C=O) groups is 1. The third-order valence-corrected chi connectivity index (χ3v) is 5.29. The molecule has 0 atom stereocenters. The Morgan fingerprint density at radius 2 is 1.78 bits per heavy atom. The third kappa shape index (κ3) is 5.22. The van der Waals surface area contributed by atoms with Gasteiger partial charge in [-0.1, -0.05) is 11.6 Å². The highest BCUT2D eigenvalue weighted by Crippen LogP contribution is 2.36. The van der Waals surface area contributed by atoms with Gasteiger partial charge in [0, 0.05) is 11.8 Å². The largest absolute Gasteiger partial charge is 0.493 e. The Kier molecular flexibility index (Phi) is 6.84. The Morgan fingerprint density at radius 3 is 2.33 bits per heavy atom. The SMILES string of the molecule is CNS(=O)(=O)c1ccc(NC(=O)/C=C/c2cc(Cl)c(OC)c(OC)c2)cc1. The van der Waals surface area contributed by atoms with Crippen molar-refractivity contribution in [3.63, 3.8) is 0 Å². The molecule has 0 unspecified atom stereocenters. The summed E-state index contributed by atoms with van der Waals surface area (Å²) in [4.78, 5) is 12.2. The van der Waals surface area contributed by atoms with E-state index in [1.165, 1.54) is 51.6 Å². The molecule has 0 fully saturated rings. The van der Waals surface area contributed by atoms with E-state index in [9.17, 15) is 13.2 Å². The van der Waals surface area contributed by atoms with Crippen molar-refractivity contribution in [2.75, 3.05) is 26.6 Å².